The van der Waals surface area contributed by atoms with Gasteiger partial charge in [-0.3, -0.25) is 9.69 Å². The van der Waals surface area contributed by atoms with Gasteiger partial charge >= 0.3 is 0 Å². The van der Waals surface area contributed by atoms with Gasteiger partial charge in [-0.15, -0.1) is 17.9 Å². The second kappa shape index (κ2) is 10.6. The number of fused-ring (bicyclic) bond motifs is 1. The predicted octanol–water partition coefficient (Wildman–Crippen LogP) is 4.52. The lowest BCUT2D eigenvalue weighted by Gasteiger charge is -2.38. The summed E-state index contributed by atoms with van der Waals surface area (Å²) in [6.07, 6.45) is 3.32. The van der Waals surface area contributed by atoms with Crippen LogP contribution in [0, 0.1) is 13.8 Å². The largest absolute Gasteiger partial charge is 0.491 e. The van der Waals surface area contributed by atoms with Crippen molar-refractivity contribution in [1.29, 1.82) is 0 Å². The van der Waals surface area contributed by atoms with Crippen LogP contribution in [0.25, 0.3) is 0 Å². The third kappa shape index (κ3) is 6.00. The van der Waals surface area contributed by atoms with Crippen LogP contribution in [0.4, 0.5) is 0 Å². The van der Waals surface area contributed by atoms with E-state index < -0.39 is 5.60 Å². The SMILES string of the molecule is C=C[C@@](C)(O)CN(CCC)CC(=O)N1CCc2sccc2[C@H]1COc1ccc(C)cc1C. The van der Waals surface area contributed by atoms with Gasteiger partial charge in [-0.25, -0.2) is 0 Å². The number of hydrogen-bond acceptors (Lipinski definition) is 5. The van der Waals surface area contributed by atoms with Gasteiger partial charge in [-0.05, 0) is 68.8 Å². The van der Waals surface area contributed by atoms with Crippen molar-refractivity contribution in [2.75, 3.05) is 32.8 Å². The van der Waals surface area contributed by atoms with Crippen LogP contribution in [0.5, 0.6) is 5.75 Å². The molecular formula is C26H36N2O3S. The normalized spacial score (nSPS) is 17.7. The number of nitrogens with zero attached hydrogens (tertiary/aromatic N) is 2. The fourth-order valence-electron chi connectivity index (χ4n) is 4.33. The van der Waals surface area contributed by atoms with E-state index in [-0.39, 0.29) is 18.5 Å². The summed E-state index contributed by atoms with van der Waals surface area (Å²) >= 11 is 1.75. The van der Waals surface area contributed by atoms with E-state index in [1.54, 1.807) is 24.3 Å². The Morgan fingerprint density at radius 1 is 1.41 bits per heavy atom. The number of aliphatic hydroxyl groups is 1. The van der Waals surface area contributed by atoms with E-state index in [1.165, 1.54) is 16.0 Å². The molecule has 32 heavy (non-hydrogen) atoms. The lowest BCUT2D eigenvalue weighted by molar-refractivity contribution is -0.136. The molecule has 1 aromatic carbocycles. The van der Waals surface area contributed by atoms with Crippen LogP contribution in [0.3, 0.4) is 0 Å². The third-order valence-corrected chi connectivity index (χ3v) is 7.02. The van der Waals surface area contributed by atoms with E-state index >= 15 is 0 Å². The van der Waals surface area contributed by atoms with E-state index in [4.69, 9.17) is 4.74 Å². The predicted molar refractivity (Wildman–Crippen MR) is 131 cm³/mol. The van der Waals surface area contributed by atoms with Gasteiger partial charge in [0, 0.05) is 18.0 Å². The first-order valence-electron chi connectivity index (χ1n) is 11.4. The second-order valence-electron chi connectivity index (χ2n) is 9.00. The highest BCUT2D eigenvalue weighted by Gasteiger charge is 2.33. The highest BCUT2D eigenvalue weighted by Crippen LogP contribution is 2.34. The summed E-state index contributed by atoms with van der Waals surface area (Å²) < 4.78 is 6.23. The van der Waals surface area contributed by atoms with Crippen LogP contribution in [0.2, 0.25) is 0 Å². The number of aryl methyl sites for hydroxylation is 2. The maximum Gasteiger partial charge on any atom is 0.237 e. The average Bonchev–Trinajstić information content (AvgIpc) is 3.22. The summed E-state index contributed by atoms with van der Waals surface area (Å²) in [4.78, 5) is 18.8. The van der Waals surface area contributed by atoms with Crippen molar-refractivity contribution < 1.29 is 14.6 Å². The van der Waals surface area contributed by atoms with Gasteiger partial charge in [0.2, 0.25) is 5.91 Å². The first kappa shape index (κ1) is 24.5. The number of amides is 1. The van der Waals surface area contributed by atoms with Crippen molar-refractivity contribution in [3.8, 4) is 5.75 Å². The summed E-state index contributed by atoms with van der Waals surface area (Å²) in [5, 5.41) is 12.6. The third-order valence-electron chi connectivity index (χ3n) is 6.02. The molecular weight excluding hydrogens is 420 g/mol. The van der Waals surface area contributed by atoms with Gasteiger partial charge in [-0.2, -0.15) is 0 Å². The summed E-state index contributed by atoms with van der Waals surface area (Å²) in [5.41, 5.74) is 2.48. The molecule has 0 saturated carbocycles. The van der Waals surface area contributed by atoms with E-state index in [0.717, 1.165) is 30.7 Å². The van der Waals surface area contributed by atoms with E-state index in [9.17, 15) is 9.90 Å². The summed E-state index contributed by atoms with van der Waals surface area (Å²) in [6.45, 7) is 14.2. The molecule has 174 valence electrons. The Bertz CT molecular complexity index is 937. The Morgan fingerprint density at radius 2 is 2.19 bits per heavy atom. The van der Waals surface area contributed by atoms with E-state index in [1.807, 2.05) is 15.9 Å². The lowest BCUT2D eigenvalue weighted by atomic mass is 10.00. The quantitative estimate of drug-likeness (QED) is 0.534. The molecule has 0 aliphatic carbocycles. The van der Waals surface area contributed by atoms with E-state index in [0.29, 0.717) is 19.7 Å². The van der Waals surface area contributed by atoms with Crippen LogP contribution in [0.1, 0.15) is 47.9 Å². The van der Waals surface area contributed by atoms with Gasteiger partial charge < -0.3 is 14.7 Å². The minimum absolute atomic E-state index is 0.0735. The monoisotopic (exact) mass is 456 g/mol. The zero-order valence-corrected chi connectivity index (χ0v) is 20.6. The number of hydrogen-bond donors (Lipinski definition) is 1. The maximum atomic E-state index is 13.4. The Hall–Kier alpha value is -2.15. The molecule has 0 radical (unpaired) electrons. The van der Waals surface area contributed by atoms with Crippen LogP contribution < -0.4 is 4.74 Å². The zero-order chi connectivity index (χ0) is 23.3. The van der Waals surface area contributed by atoms with Crippen molar-refractivity contribution in [2.24, 2.45) is 0 Å². The van der Waals surface area contributed by atoms with Crippen LogP contribution in [0.15, 0.2) is 42.3 Å². The van der Waals surface area contributed by atoms with Crippen molar-refractivity contribution in [3.63, 3.8) is 0 Å². The van der Waals surface area contributed by atoms with Gasteiger partial charge in [0.15, 0.2) is 0 Å². The standard InChI is InChI=1S/C26H36N2O3S/c1-6-12-27(18-26(5,30)7-2)16-25(29)28-13-10-24-21(11-14-32-24)22(28)17-31-23-9-8-19(3)15-20(23)4/h7-9,11,14-15,22,30H,2,6,10,12-13,16-18H2,1,3-5H3/t22-,26-/m1/s1. The lowest BCUT2D eigenvalue weighted by Crippen LogP contribution is -2.49. The topological polar surface area (TPSA) is 53.0 Å². The molecule has 2 heterocycles. The summed E-state index contributed by atoms with van der Waals surface area (Å²) in [5.74, 6) is 0.935. The molecule has 1 amide bonds. The van der Waals surface area contributed by atoms with Crippen molar-refractivity contribution >= 4 is 17.2 Å². The molecule has 3 rings (SSSR count). The number of thiophene rings is 1. The molecule has 0 spiro atoms. The van der Waals surface area contributed by atoms with Crippen LogP contribution in [-0.4, -0.2) is 59.2 Å². The molecule has 1 aliphatic rings. The number of carbonyl (C=O) groups excluding carboxylic acids is 1. The Kier molecular flexibility index (Phi) is 8.15. The summed E-state index contributed by atoms with van der Waals surface area (Å²) in [6, 6.07) is 8.19. The number of ether oxygens (including phenoxy) is 1. The molecule has 0 saturated heterocycles. The smallest absolute Gasteiger partial charge is 0.237 e. The molecule has 2 atom stereocenters. The highest BCUT2D eigenvalue weighted by atomic mass is 32.1. The minimum Gasteiger partial charge on any atom is -0.491 e. The Balaban J connectivity index is 1.76. The molecule has 0 bridgehead atoms. The molecule has 0 fully saturated rings. The minimum atomic E-state index is -1.02. The first-order valence-corrected chi connectivity index (χ1v) is 12.3. The number of rotatable bonds is 10. The highest BCUT2D eigenvalue weighted by molar-refractivity contribution is 7.10. The number of carbonyl (C=O) groups is 1. The second-order valence-corrected chi connectivity index (χ2v) is 10.0. The fraction of sp³-hybridized carbons (Fsp3) is 0.500. The van der Waals surface area contributed by atoms with Gasteiger partial charge in [-0.1, -0.05) is 30.7 Å². The maximum absolute atomic E-state index is 13.4. The molecule has 6 heteroatoms. The molecule has 1 aliphatic heterocycles. The molecule has 2 aromatic rings. The van der Waals surface area contributed by atoms with Crippen molar-refractivity contribution in [2.45, 2.75) is 52.2 Å². The Labute approximate surface area is 196 Å². The fourth-order valence-corrected chi connectivity index (χ4v) is 5.26. The Morgan fingerprint density at radius 3 is 2.88 bits per heavy atom. The van der Waals surface area contributed by atoms with Crippen LogP contribution in [-0.2, 0) is 11.2 Å². The van der Waals surface area contributed by atoms with Gasteiger partial charge in [0.25, 0.3) is 0 Å². The molecule has 5 nitrogen and oxygen atoms in total. The molecule has 1 aromatic heterocycles. The number of benzene rings is 1. The molecule has 1 N–H and O–H groups in total. The molecule has 0 unspecified atom stereocenters. The average molecular weight is 457 g/mol. The zero-order valence-electron chi connectivity index (χ0n) is 19.8. The van der Waals surface area contributed by atoms with E-state index in [2.05, 4.69) is 50.9 Å². The van der Waals surface area contributed by atoms with Gasteiger partial charge in [0.05, 0.1) is 18.2 Å². The van der Waals surface area contributed by atoms with Crippen molar-refractivity contribution in [3.05, 3.63) is 63.9 Å². The first-order chi connectivity index (χ1) is 15.2. The van der Waals surface area contributed by atoms with Crippen molar-refractivity contribution in [1.82, 2.24) is 9.80 Å². The van der Waals surface area contributed by atoms with Gasteiger partial charge in [0.1, 0.15) is 12.4 Å². The summed E-state index contributed by atoms with van der Waals surface area (Å²) in [7, 11) is 0. The van der Waals surface area contributed by atoms with Crippen LogP contribution >= 0.6 is 11.3 Å².